The fraction of sp³-hybridized carbons (Fsp3) is 0.560. The molecule has 2 aliphatic rings. The Kier molecular flexibility index (Phi) is 8.52. The van der Waals surface area contributed by atoms with Gasteiger partial charge in [0.2, 0.25) is 11.8 Å². The van der Waals surface area contributed by atoms with Gasteiger partial charge >= 0.3 is 0 Å². The van der Waals surface area contributed by atoms with Crippen LogP contribution in [0.1, 0.15) is 36.3 Å². The Morgan fingerprint density at radius 3 is 2.28 bits per heavy atom. The minimum atomic E-state index is -0.335. The van der Waals surface area contributed by atoms with Gasteiger partial charge < -0.3 is 24.3 Å². The monoisotopic (exact) mass is 498 g/mol. The summed E-state index contributed by atoms with van der Waals surface area (Å²) in [7, 11) is 3.14. The summed E-state index contributed by atoms with van der Waals surface area (Å²) in [4.78, 5) is 46.2. The maximum Gasteiger partial charge on any atom is 0.272 e. The number of carbonyl (C=O) groups excluding carboxylic acids is 2. The molecule has 0 unspecified atom stereocenters. The van der Waals surface area contributed by atoms with Crippen LogP contribution in [0.5, 0.6) is 11.5 Å². The molecule has 2 saturated heterocycles. The molecule has 2 aromatic rings. The van der Waals surface area contributed by atoms with Crippen LogP contribution in [-0.2, 0) is 22.4 Å². The summed E-state index contributed by atoms with van der Waals surface area (Å²) in [5.41, 5.74) is 0.801. The first kappa shape index (κ1) is 25.6. The molecule has 0 saturated carbocycles. The number of ether oxygens (including phenoxy) is 2. The standard InChI is InChI=1S/C25H34N6O5/c1-35-20-7-5-18(15-21(20)36-2)16-22-26-25(34)19(27-28-22)6-8-23(32)31-13-11-29(12-14-31)17-24(33)30-9-3-4-10-30/h5,7,15H,3-4,6,8-14,16-17H2,1-2H3,(H,26,28,34). The van der Waals surface area contributed by atoms with Crippen molar-refractivity contribution in [2.24, 2.45) is 0 Å². The van der Waals surface area contributed by atoms with Crippen molar-refractivity contribution in [1.82, 2.24) is 29.9 Å². The lowest BCUT2D eigenvalue weighted by Gasteiger charge is -2.35. The number of aryl methyl sites for hydroxylation is 1. The van der Waals surface area contributed by atoms with E-state index in [0.29, 0.717) is 56.5 Å². The third-order valence-corrected chi connectivity index (χ3v) is 6.75. The van der Waals surface area contributed by atoms with Crippen molar-refractivity contribution in [3.05, 3.63) is 45.6 Å². The largest absolute Gasteiger partial charge is 0.493 e. The van der Waals surface area contributed by atoms with Crippen LogP contribution in [0.25, 0.3) is 0 Å². The highest BCUT2D eigenvalue weighted by Gasteiger charge is 2.25. The highest BCUT2D eigenvalue weighted by molar-refractivity contribution is 5.79. The Bertz CT molecular complexity index is 1120. The van der Waals surface area contributed by atoms with E-state index in [-0.39, 0.29) is 35.9 Å². The first-order chi connectivity index (χ1) is 17.5. The predicted molar refractivity (Wildman–Crippen MR) is 132 cm³/mol. The van der Waals surface area contributed by atoms with Crippen molar-refractivity contribution in [3.63, 3.8) is 0 Å². The average molecular weight is 499 g/mol. The van der Waals surface area contributed by atoms with Crippen molar-refractivity contribution < 1.29 is 19.1 Å². The third-order valence-electron chi connectivity index (χ3n) is 6.75. The second kappa shape index (κ2) is 12.0. The van der Waals surface area contributed by atoms with Gasteiger partial charge in [-0.2, -0.15) is 0 Å². The third kappa shape index (κ3) is 6.39. The van der Waals surface area contributed by atoms with Gasteiger partial charge in [0.1, 0.15) is 11.5 Å². The number of hydrogen-bond donors (Lipinski definition) is 1. The number of H-pyrrole nitrogens is 1. The van der Waals surface area contributed by atoms with Gasteiger partial charge in [-0.1, -0.05) is 6.07 Å². The van der Waals surface area contributed by atoms with Crippen LogP contribution in [0.4, 0.5) is 0 Å². The number of benzene rings is 1. The zero-order valence-electron chi connectivity index (χ0n) is 21.0. The molecule has 3 heterocycles. The molecule has 0 bridgehead atoms. The molecule has 11 nitrogen and oxygen atoms in total. The van der Waals surface area contributed by atoms with Crippen LogP contribution in [0.15, 0.2) is 23.0 Å². The molecule has 2 aliphatic heterocycles. The molecular formula is C25H34N6O5. The Hall–Kier alpha value is -3.47. The highest BCUT2D eigenvalue weighted by Crippen LogP contribution is 2.28. The van der Waals surface area contributed by atoms with E-state index in [0.717, 1.165) is 31.5 Å². The minimum absolute atomic E-state index is 0.0175. The van der Waals surface area contributed by atoms with Crippen LogP contribution in [0.2, 0.25) is 0 Å². The molecule has 2 fully saturated rings. The molecule has 1 aromatic carbocycles. The number of amides is 2. The van der Waals surface area contributed by atoms with E-state index >= 15 is 0 Å². The van der Waals surface area contributed by atoms with Crippen molar-refractivity contribution in [3.8, 4) is 11.5 Å². The average Bonchev–Trinajstić information content (AvgIpc) is 3.44. The summed E-state index contributed by atoms with van der Waals surface area (Å²) in [5, 5.41) is 8.23. The molecule has 1 aromatic heterocycles. The first-order valence-corrected chi connectivity index (χ1v) is 12.4. The van der Waals surface area contributed by atoms with E-state index in [9.17, 15) is 14.4 Å². The van der Waals surface area contributed by atoms with Crippen LogP contribution in [0, 0.1) is 0 Å². The summed E-state index contributed by atoms with van der Waals surface area (Å²) in [6.45, 7) is 4.65. The fourth-order valence-electron chi connectivity index (χ4n) is 4.62. The number of aromatic amines is 1. The van der Waals surface area contributed by atoms with Crippen LogP contribution >= 0.6 is 0 Å². The molecule has 194 valence electrons. The van der Waals surface area contributed by atoms with Gasteiger partial charge in [0.15, 0.2) is 11.5 Å². The zero-order valence-corrected chi connectivity index (χ0v) is 21.0. The van der Waals surface area contributed by atoms with E-state index in [2.05, 4.69) is 20.1 Å². The molecule has 0 spiro atoms. The Morgan fingerprint density at radius 1 is 0.917 bits per heavy atom. The maximum absolute atomic E-state index is 12.7. The summed E-state index contributed by atoms with van der Waals surface area (Å²) in [6.07, 6.45) is 2.97. The van der Waals surface area contributed by atoms with Gasteiger partial charge in [0, 0.05) is 58.5 Å². The van der Waals surface area contributed by atoms with Gasteiger partial charge in [-0.25, -0.2) is 0 Å². The fourth-order valence-corrected chi connectivity index (χ4v) is 4.62. The lowest BCUT2D eigenvalue weighted by molar-refractivity contribution is -0.134. The van der Waals surface area contributed by atoms with Crippen molar-refractivity contribution >= 4 is 11.8 Å². The van der Waals surface area contributed by atoms with E-state index in [1.165, 1.54) is 0 Å². The topological polar surface area (TPSA) is 121 Å². The lowest BCUT2D eigenvalue weighted by atomic mass is 10.1. The van der Waals surface area contributed by atoms with Crippen molar-refractivity contribution in [2.75, 3.05) is 60.0 Å². The first-order valence-electron chi connectivity index (χ1n) is 12.4. The molecule has 2 amide bonds. The molecule has 11 heteroatoms. The lowest BCUT2D eigenvalue weighted by Crippen LogP contribution is -2.51. The van der Waals surface area contributed by atoms with Gasteiger partial charge in [0.05, 0.1) is 20.8 Å². The summed E-state index contributed by atoms with van der Waals surface area (Å²) in [5.74, 6) is 1.81. The van der Waals surface area contributed by atoms with Crippen LogP contribution in [0.3, 0.4) is 0 Å². The van der Waals surface area contributed by atoms with Crippen LogP contribution in [-0.4, -0.2) is 102 Å². The normalized spacial score (nSPS) is 16.3. The van der Waals surface area contributed by atoms with Gasteiger partial charge in [-0.15, -0.1) is 10.2 Å². The van der Waals surface area contributed by atoms with E-state index in [1.807, 2.05) is 17.0 Å². The number of piperazine rings is 1. The quantitative estimate of drug-likeness (QED) is 0.530. The van der Waals surface area contributed by atoms with Gasteiger partial charge in [-0.05, 0) is 30.5 Å². The van der Waals surface area contributed by atoms with Crippen molar-refractivity contribution in [1.29, 1.82) is 0 Å². The SMILES string of the molecule is COc1ccc(Cc2nnc(CCC(=O)N3CCN(CC(=O)N4CCCC4)CC3)c(=O)[nH]2)cc1OC. The molecule has 0 aliphatic carbocycles. The highest BCUT2D eigenvalue weighted by atomic mass is 16.5. The zero-order chi connectivity index (χ0) is 25.5. The van der Waals surface area contributed by atoms with Gasteiger partial charge in [0.25, 0.3) is 5.56 Å². The van der Waals surface area contributed by atoms with E-state index in [4.69, 9.17) is 9.47 Å². The molecular weight excluding hydrogens is 464 g/mol. The second-order valence-electron chi connectivity index (χ2n) is 9.16. The van der Waals surface area contributed by atoms with E-state index < -0.39 is 0 Å². The maximum atomic E-state index is 12.7. The number of carbonyl (C=O) groups is 2. The predicted octanol–water partition coefficient (Wildman–Crippen LogP) is 0.472. The number of aromatic nitrogens is 3. The number of nitrogens with one attached hydrogen (secondary N) is 1. The number of rotatable bonds is 9. The molecule has 1 N–H and O–H groups in total. The Labute approximate surface area is 210 Å². The Balaban J connectivity index is 1.24. The second-order valence-corrected chi connectivity index (χ2v) is 9.16. The summed E-state index contributed by atoms with van der Waals surface area (Å²) >= 11 is 0. The molecule has 0 radical (unpaired) electrons. The Morgan fingerprint density at radius 2 is 1.61 bits per heavy atom. The number of likely N-dealkylation sites (tertiary alicyclic amines) is 1. The summed E-state index contributed by atoms with van der Waals surface area (Å²) < 4.78 is 10.6. The minimum Gasteiger partial charge on any atom is -0.493 e. The summed E-state index contributed by atoms with van der Waals surface area (Å²) in [6, 6.07) is 5.49. The molecule has 4 rings (SSSR count). The van der Waals surface area contributed by atoms with Gasteiger partial charge in [-0.3, -0.25) is 19.3 Å². The smallest absolute Gasteiger partial charge is 0.272 e. The molecule has 0 atom stereocenters. The molecule has 36 heavy (non-hydrogen) atoms. The number of hydrogen-bond acceptors (Lipinski definition) is 8. The number of methoxy groups -OCH3 is 2. The number of nitrogens with zero attached hydrogens (tertiary/aromatic N) is 5. The van der Waals surface area contributed by atoms with Crippen LogP contribution < -0.4 is 15.0 Å². The van der Waals surface area contributed by atoms with Crippen molar-refractivity contribution in [2.45, 2.75) is 32.1 Å². The van der Waals surface area contributed by atoms with E-state index in [1.54, 1.807) is 25.2 Å².